The minimum atomic E-state index is -1.23. The predicted octanol–water partition coefficient (Wildman–Crippen LogP) is 4.43. The summed E-state index contributed by atoms with van der Waals surface area (Å²) in [4.78, 5) is 15.7. The zero-order chi connectivity index (χ0) is 24.7. The van der Waals surface area contributed by atoms with Crippen LogP contribution in [-0.2, 0) is 11.8 Å². The third-order valence-corrected chi connectivity index (χ3v) is 5.11. The lowest BCUT2D eigenvalue weighted by molar-refractivity contribution is -0.137. The highest BCUT2D eigenvalue weighted by Gasteiger charge is 2.17. The molecule has 1 heterocycles. The van der Waals surface area contributed by atoms with Gasteiger partial charge in [0.05, 0.1) is 23.0 Å². The van der Waals surface area contributed by atoms with E-state index in [1.54, 1.807) is 29.9 Å². The summed E-state index contributed by atoms with van der Waals surface area (Å²) >= 11 is 0. The molecule has 0 fully saturated rings. The number of carbonyl (C=O) groups is 1. The van der Waals surface area contributed by atoms with E-state index in [0.717, 1.165) is 11.3 Å². The molecule has 0 spiro atoms. The zero-order valence-corrected chi connectivity index (χ0v) is 19.0. The van der Waals surface area contributed by atoms with Crippen molar-refractivity contribution in [2.75, 3.05) is 0 Å². The molecule has 0 radical (unpaired) electrons. The van der Waals surface area contributed by atoms with Gasteiger partial charge in [0.2, 0.25) is 5.88 Å². The maximum absolute atomic E-state index is 11.2. The molecule has 8 nitrogen and oxygen atoms in total. The van der Waals surface area contributed by atoms with Crippen molar-refractivity contribution in [2.45, 2.75) is 19.4 Å². The van der Waals surface area contributed by atoms with Gasteiger partial charge < -0.3 is 15.6 Å². The number of carboxylic acids is 1. The van der Waals surface area contributed by atoms with Gasteiger partial charge >= 0.3 is 5.97 Å². The van der Waals surface area contributed by atoms with E-state index in [1.807, 2.05) is 43.3 Å². The number of nitrogens with two attached hydrogens (primary N) is 1. The lowest BCUT2D eigenvalue weighted by atomic mass is 10.0. The summed E-state index contributed by atoms with van der Waals surface area (Å²) in [5.41, 5.74) is 9.38. The van der Waals surface area contributed by atoms with Gasteiger partial charge in [-0.3, -0.25) is 9.79 Å². The van der Waals surface area contributed by atoms with Gasteiger partial charge in [0, 0.05) is 30.4 Å². The van der Waals surface area contributed by atoms with Gasteiger partial charge in [0.15, 0.2) is 0 Å². The van der Waals surface area contributed by atoms with Crippen molar-refractivity contribution in [1.82, 2.24) is 9.78 Å². The highest BCUT2D eigenvalue weighted by molar-refractivity contribution is 6.03. The van der Waals surface area contributed by atoms with Gasteiger partial charge in [0.1, 0.15) is 11.8 Å². The summed E-state index contributed by atoms with van der Waals surface area (Å²) < 4.78 is 7.82. The molecule has 3 rings (SSSR count). The molecule has 1 unspecified atom stereocenters. The SMILES string of the molecule is C=C/C(=C\N=C(/CC)c1ccc(C#N)cc1Oc1cc(-c2ccccc2)nn1C)C(N)C(=O)O. The van der Waals surface area contributed by atoms with Crippen molar-refractivity contribution in [3.63, 3.8) is 0 Å². The van der Waals surface area contributed by atoms with Crippen molar-refractivity contribution in [3.8, 4) is 29.0 Å². The summed E-state index contributed by atoms with van der Waals surface area (Å²) in [6.45, 7) is 5.54. The molecule has 0 aliphatic carbocycles. The number of hydrogen-bond acceptors (Lipinski definition) is 6. The molecule has 3 aromatic rings. The van der Waals surface area contributed by atoms with Gasteiger partial charge in [-0.25, -0.2) is 4.68 Å². The van der Waals surface area contributed by atoms with E-state index in [2.05, 4.69) is 22.7 Å². The van der Waals surface area contributed by atoms with Crippen LogP contribution in [0.1, 0.15) is 24.5 Å². The number of benzene rings is 2. The van der Waals surface area contributed by atoms with Crippen molar-refractivity contribution in [3.05, 3.63) is 90.2 Å². The van der Waals surface area contributed by atoms with E-state index < -0.39 is 12.0 Å². The van der Waals surface area contributed by atoms with Crippen LogP contribution < -0.4 is 10.5 Å². The second-order valence-electron chi connectivity index (χ2n) is 7.36. The van der Waals surface area contributed by atoms with E-state index in [-0.39, 0.29) is 5.57 Å². The van der Waals surface area contributed by atoms with E-state index in [4.69, 9.17) is 10.5 Å². The molecule has 0 saturated heterocycles. The highest BCUT2D eigenvalue weighted by Crippen LogP contribution is 2.30. The molecule has 2 aromatic carbocycles. The van der Waals surface area contributed by atoms with E-state index >= 15 is 0 Å². The normalized spacial score (nSPS) is 12.6. The smallest absolute Gasteiger partial charge is 0.325 e. The van der Waals surface area contributed by atoms with Crippen molar-refractivity contribution >= 4 is 11.7 Å². The van der Waals surface area contributed by atoms with Gasteiger partial charge in [-0.1, -0.05) is 49.9 Å². The van der Waals surface area contributed by atoms with Crippen molar-refractivity contribution in [1.29, 1.82) is 5.26 Å². The average Bonchev–Trinajstić information content (AvgIpc) is 3.22. The van der Waals surface area contributed by atoms with Crippen molar-refractivity contribution in [2.24, 2.45) is 17.8 Å². The number of nitrogens with zero attached hydrogens (tertiary/aromatic N) is 4. The van der Waals surface area contributed by atoms with Gasteiger partial charge in [-0.15, -0.1) is 0 Å². The second-order valence-corrected chi connectivity index (χ2v) is 7.36. The largest absolute Gasteiger partial charge is 0.480 e. The molecule has 172 valence electrons. The summed E-state index contributed by atoms with van der Waals surface area (Å²) in [5, 5.41) is 23.1. The van der Waals surface area contributed by atoms with Crippen LogP contribution in [0, 0.1) is 11.3 Å². The number of carboxylic acid groups (broad SMARTS) is 1. The van der Waals surface area contributed by atoms with E-state index in [9.17, 15) is 15.2 Å². The van der Waals surface area contributed by atoms with Crippen LogP contribution in [-0.4, -0.2) is 32.6 Å². The molecule has 3 N–H and O–H groups in total. The fraction of sp³-hybridized carbons (Fsp3) is 0.154. The minimum Gasteiger partial charge on any atom is -0.480 e. The van der Waals surface area contributed by atoms with Crippen LogP contribution in [0.15, 0.2) is 84.0 Å². The quantitative estimate of drug-likeness (QED) is 0.363. The average molecular weight is 456 g/mol. The molecular weight excluding hydrogens is 430 g/mol. The number of aryl methyl sites for hydroxylation is 1. The predicted molar refractivity (Wildman–Crippen MR) is 131 cm³/mol. The lowest BCUT2D eigenvalue weighted by Gasteiger charge is -2.13. The Morgan fingerprint density at radius 1 is 1.32 bits per heavy atom. The molecule has 0 saturated carbocycles. The number of aliphatic carboxylic acids is 1. The number of nitriles is 1. The maximum atomic E-state index is 11.2. The Bertz CT molecular complexity index is 1300. The Balaban J connectivity index is 2.03. The molecule has 0 bridgehead atoms. The molecule has 1 aromatic heterocycles. The molecule has 1 atom stereocenters. The Kier molecular flexibility index (Phi) is 7.75. The van der Waals surface area contributed by atoms with Crippen LogP contribution in [0.3, 0.4) is 0 Å². The Hall–Kier alpha value is -4.48. The second kappa shape index (κ2) is 10.9. The number of ether oxygens (including phenoxy) is 1. The van der Waals surface area contributed by atoms with Gasteiger partial charge in [-0.05, 0) is 30.2 Å². The molecule has 0 amide bonds. The number of aromatic nitrogens is 2. The van der Waals surface area contributed by atoms with Gasteiger partial charge in [-0.2, -0.15) is 10.4 Å². The van der Waals surface area contributed by atoms with Crippen LogP contribution in [0.2, 0.25) is 0 Å². The van der Waals surface area contributed by atoms with Crippen LogP contribution in [0.4, 0.5) is 0 Å². The van der Waals surface area contributed by atoms with E-state index in [1.165, 1.54) is 12.3 Å². The first-order valence-corrected chi connectivity index (χ1v) is 10.6. The standard InChI is InChI=1S/C26H25N5O3/c1-4-18(25(28)26(32)33)16-29-21(5-2)20-12-11-17(15-27)13-23(20)34-24-14-22(30-31(24)3)19-9-7-6-8-10-19/h4,6-14,16,25H,1,5,28H2,2-3H3,(H,32,33)/b18-16+,29-21+. The number of rotatable bonds is 9. The number of aliphatic imine (C=N–C) groups is 1. The summed E-state index contributed by atoms with van der Waals surface area (Å²) in [6, 6.07) is 17.5. The molecule has 34 heavy (non-hydrogen) atoms. The third kappa shape index (κ3) is 5.46. The monoisotopic (exact) mass is 455 g/mol. The maximum Gasteiger partial charge on any atom is 0.325 e. The number of hydrogen-bond donors (Lipinski definition) is 2. The highest BCUT2D eigenvalue weighted by atomic mass is 16.5. The molecule has 0 aliphatic heterocycles. The zero-order valence-electron chi connectivity index (χ0n) is 19.0. The molecule has 0 aliphatic rings. The van der Waals surface area contributed by atoms with Crippen LogP contribution in [0.25, 0.3) is 11.3 Å². The third-order valence-electron chi connectivity index (χ3n) is 5.11. The summed E-state index contributed by atoms with van der Waals surface area (Å²) in [6.07, 6.45) is 3.28. The lowest BCUT2D eigenvalue weighted by Crippen LogP contribution is -2.31. The Morgan fingerprint density at radius 2 is 2.06 bits per heavy atom. The molecular formula is C26H25N5O3. The summed E-state index contributed by atoms with van der Waals surface area (Å²) in [7, 11) is 1.77. The van der Waals surface area contributed by atoms with Gasteiger partial charge in [0.25, 0.3) is 0 Å². The fourth-order valence-electron chi connectivity index (χ4n) is 3.23. The van der Waals surface area contributed by atoms with Crippen molar-refractivity contribution < 1.29 is 14.6 Å². The minimum absolute atomic E-state index is 0.272. The fourth-order valence-corrected chi connectivity index (χ4v) is 3.23. The Morgan fingerprint density at radius 3 is 2.68 bits per heavy atom. The first-order valence-electron chi connectivity index (χ1n) is 10.6. The summed E-state index contributed by atoms with van der Waals surface area (Å²) in [5.74, 6) is -0.258. The molecule has 8 heteroatoms. The first-order chi connectivity index (χ1) is 16.4. The first kappa shape index (κ1) is 24.2. The van der Waals surface area contributed by atoms with E-state index in [0.29, 0.717) is 34.9 Å². The van der Waals surface area contributed by atoms with Crippen LogP contribution in [0.5, 0.6) is 11.6 Å². The van der Waals surface area contributed by atoms with Crippen LogP contribution >= 0.6 is 0 Å². The topological polar surface area (TPSA) is 127 Å². The Labute approximate surface area is 197 Å².